The molecule has 0 aliphatic carbocycles. The van der Waals surface area contributed by atoms with Gasteiger partial charge in [-0.1, -0.05) is 23.8 Å². The van der Waals surface area contributed by atoms with Gasteiger partial charge >= 0.3 is 0 Å². The van der Waals surface area contributed by atoms with Crippen molar-refractivity contribution < 1.29 is 14.3 Å². The van der Waals surface area contributed by atoms with Gasteiger partial charge in [-0.3, -0.25) is 10.2 Å². The zero-order valence-corrected chi connectivity index (χ0v) is 17.2. The van der Waals surface area contributed by atoms with Crippen LogP contribution in [0.1, 0.15) is 16.7 Å². The molecule has 0 fully saturated rings. The first-order valence-corrected chi connectivity index (χ1v) is 9.43. The second kappa shape index (κ2) is 10.1. The lowest BCUT2D eigenvalue weighted by atomic mass is 10.1. The van der Waals surface area contributed by atoms with E-state index in [0.717, 1.165) is 22.4 Å². The molecule has 30 heavy (non-hydrogen) atoms. The van der Waals surface area contributed by atoms with E-state index in [4.69, 9.17) is 9.47 Å². The van der Waals surface area contributed by atoms with Gasteiger partial charge < -0.3 is 14.8 Å². The second-order valence-corrected chi connectivity index (χ2v) is 6.65. The third-order valence-electron chi connectivity index (χ3n) is 4.26. The number of hydrazone groups is 1. The first kappa shape index (κ1) is 20.9. The van der Waals surface area contributed by atoms with Gasteiger partial charge in [0.1, 0.15) is 5.82 Å². The predicted octanol–water partition coefficient (Wildman–Crippen LogP) is 4.17. The number of aromatic nitrogens is 1. The van der Waals surface area contributed by atoms with Crippen molar-refractivity contribution in [2.75, 3.05) is 24.5 Å². The highest BCUT2D eigenvalue weighted by molar-refractivity contribution is 5.92. The van der Waals surface area contributed by atoms with Crippen molar-refractivity contribution in [2.24, 2.45) is 5.10 Å². The summed E-state index contributed by atoms with van der Waals surface area (Å²) in [4.78, 5) is 16.4. The van der Waals surface area contributed by atoms with Crippen molar-refractivity contribution in [1.82, 2.24) is 4.98 Å². The average Bonchev–Trinajstić information content (AvgIpc) is 2.75. The van der Waals surface area contributed by atoms with Crippen LogP contribution >= 0.6 is 0 Å². The molecule has 3 aromatic rings. The Morgan fingerprint density at radius 2 is 1.97 bits per heavy atom. The molecule has 0 atom stereocenters. The van der Waals surface area contributed by atoms with Crippen molar-refractivity contribution in [3.63, 3.8) is 0 Å². The molecule has 154 valence electrons. The zero-order valence-electron chi connectivity index (χ0n) is 17.2. The van der Waals surface area contributed by atoms with E-state index in [0.29, 0.717) is 17.3 Å². The Balaban J connectivity index is 1.58. The molecule has 0 spiro atoms. The minimum Gasteiger partial charge on any atom is -0.493 e. The molecule has 1 amide bonds. The van der Waals surface area contributed by atoms with Gasteiger partial charge in [0, 0.05) is 11.9 Å². The highest BCUT2D eigenvalue weighted by Crippen LogP contribution is 2.27. The molecule has 7 nitrogen and oxygen atoms in total. The molecule has 1 aromatic heterocycles. The van der Waals surface area contributed by atoms with Crippen molar-refractivity contribution in [3.05, 3.63) is 77.5 Å². The van der Waals surface area contributed by atoms with Crippen LogP contribution in [0, 0.1) is 13.8 Å². The van der Waals surface area contributed by atoms with Crippen LogP contribution in [0.25, 0.3) is 0 Å². The second-order valence-electron chi connectivity index (χ2n) is 6.65. The fraction of sp³-hybridized carbons (Fsp3) is 0.174. The first-order chi connectivity index (χ1) is 14.5. The summed E-state index contributed by atoms with van der Waals surface area (Å²) in [6.07, 6.45) is 3.33. The van der Waals surface area contributed by atoms with Crippen LogP contribution in [-0.4, -0.2) is 30.8 Å². The summed E-state index contributed by atoms with van der Waals surface area (Å²) >= 11 is 0. The number of ether oxygens (including phenoxy) is 2. The third-order valence-corrected chi connectivity index (χ3v) is 4.26. The molecule has 0 aliphatic rings. The zero-order chi connectivity index (χ0) is 21.3. The fourth-order valence-corrected chi connectivity index (χ4v) is 2.77. The normalized spacial score (nSPS) is 10.6. The van der Waals surface area contributed by atoms with E-state index in [2.05, 4.69) is 20.8 Å². The third kappa shape index (κ3) is 5.81. The Bertz CT molecular complexity index is 1040. The largest absolute Gasteiger partial charge is 0.493 e. The maximum atomic E-state index is 12.3. The number of methoxy groups -OCH3 is 1. The van der Waals surface area contributed by atoms with E-state index >= 15 is 0 Å². The predicted molar refractivity (Wildman–Crippen MR) is 118 cm³/mol. The van der Waals surface area contributed by atoms with Crippen molar-refractivity contribution >= 4 is 23.6 Å². The molecule has 0 radical (unpaired) electrons. The van der Waals surface area contributed by atoms with Gasteiger partial charge in [-0.05, 0) is 61.4 Å². The molecular formula is C23H24N4O3. The number of aryl methyl sites for hydroxylation is 2. The number of carbonyl (C=O) groups is 1. The standard InChI is InChI=1S/C23H24N4O3/c1-16-7-9-19(17(2)12-16)26-23(28)15-30-20-10-8-18(13-21(20)29-3)14-25-27-22-6-4-5-11-24-22/h4-14H,15H2,1-3H3,(H,24,27)(H,26,28). The maximum absolute atomic E-state index is 12.3. The monoisotopic (exact) mass is 404 g/mol. The van der Waals surface area contributed by atoms with Crippen LogP contribution in [-0.2, 0) is 4.79 Å². The van der Waals surface area contributed by atoms with E-state index in [1.807, 2.05) is 56.3 Å². The van der Waals surface area contributed by atoms with Crippen LogP contribution in [0.3, 0.4) is 0 Å². The van der Waals surface area contributed by atoms with Gasteiger partial charge in [0.25, 0.3) is 5.91 Å². The Morgan fingerprint density at radius 3 is 2.70 bits per heavy atom. The van der Waals surface area contributed by atoms with E-state index in [-0.39, 0.29) is 12.5 Å². The van der Waals surface area contributed by atoms with Crippen LogP contribution in [0.15, 0.2) is 65.9 Å². The molecule has 2 N–H and O–H groups in total. The molecule has 0 saturated heterocycles. The summed E-state index contributed by atoms with van der Waals surface area (Å²) in [5.41, 5.74) is 6.58. The Hall–Kier alpha value is -3.87. The summed E-state index contributed by atoms with van der Waals surface area (Å²) in [5, 5.41) is 7.01. The molecule has 2 aromatic carbocycles. The topological polar surface area (TPSA) is 84.8 Å². The number of rotatable bonds is 8. The van der Waals surface area contributed by atoms with Gasteiger partial charge in [-0.15, -0.1) is 0 Å². The summed E-state index contributed by atoms with van der Waals surface area (Å²) in [5.74, 6) is 1.39. The van der Waals surface area contributed by atoms with Crippen LogP contribution in [0.4, 0.5) is 11.5 Å². The molecule has 0 bridgehead atoms. The molecule has 7 heteroatoms. The lowest BCUT2D eigenvalue weighted by Crippen LogP contribution is -2.20. The van der Waals surface area contributed by atoms with E-state index < -0.39 is 0 Å². The highest BCUT2D eigenvalue weighted by atomic mass is 16.5. The maximum Gasteiger partial charge on any atom is 0.262 e. The van der Waals surface area contributed by atoms with Gasteiger partial charge in [-0.25, -0.2) is 4.98 Å². The van der Waals surface area contributed by atoms with Crippen molar-refractivity contribution in [1.29, 1.82) is 0 Å². The molecule has 0 aliphatic heterocycles. The number of hydrogen-bond acceptors (Lipinski definition) is 6. The quantitative estimate of drug-likeness (QED) is 0.435. The van der Waals surface area contributed by atoms with Gasteiger partial charge in [0.2, 0.25) is 0 Å². The van der Waals surface area contributed by atoms with Crippen molar-refractivity contribution in [2.45, 2.75) is 13.8 Å². The molecule has 0 saturated carbocycles. The SMILES string of the molecule is COc1cc(C=NNc2ccccn2)ccc1OCC(=O)Nc1ccc(C)cc1C. The number of pyridine rings is 1. The lowest BCUT2D eigenvalue weighted by molar-refractivity contribution is -0.118. The summed E-state index contributed by atoms with van der Waals surface area (Å²) in [6, 6.07) is 16.7. The number of hydrogen-bond donors (Lipinski definition) is 2. The molecular weight excluding hydrogens is 380 g/mol. The number of amides is 1. The minimum atomic E-state index is -0.241. The fourth-order valence-electron chi connectivity index (χ4n) is 2.77. The lowest BCUT2D eigenvalue weighted by Gasteiger charge is -2.12. The number of anilines is 2. The van der Waals surface area contributed by atoms with E-state index in [1.54, 1.807) is 31.7 Å². The van der Waals surface area contributed by atoms with Crippen molar-refractivity contribution in [3.8, 4) is 11.5 Å². The van der Waals surface area contributed by atoms with E-state index in [9.17, 15) is 4.79 Å². The summed E-state index contributed by atoms with van der Waals surface area (Å²) in [7, 11) is 1.55. The molecule has 1 heterocycles. The van der Waals surface area contributed by atoms with Crippen LogP contribution < -0.4 is 20.2 Å². The highest BCUT2D eigenvalue weighted by Gasteiger charge is 2.10. The molecule has 0 unspecified atom stereocenters. The number of nitrogens with one attached hydrogen (secondary N) is 2. The Kier molecular flexibility index (Phi) is 7.00. The number of nitrogens with zero attached hydrogens (tertiary/aromatic N) is 2. The minimum absolute atomic E-state index is 0.127. The average molecular weight is 404 g/mol. The van der Waals surface area contributed by atoms with Gasteiger partial charge in [0.15, 0.2) is 18.1 Å². The Labute approximate surface area is 175 Å². The van der Waals surface area contributed by atoms with E-state index in [1.165, 1.54) is 0 Å². The number of carbonyl (C=O) groups excluding carboxylic acids is 1. The smallest absolute Gasteiger partial charge is 0.262 e. The summed E-state index contributed by atoms with van der Waals surface area (Å²) in [6.45, 7) is 3.84. The van der Waals surface area contributed by atoms with Gasteiger partial charge in [0.05, 0.1) is 13.3 Å². The number of benzene rings is 2. The first-order valence-electron chi connectivity index (χ1n) is 9.43. The van der Waals surface area contributed by atoms with Crippen LogP contribution in [0.2, 0.25) is 0 Å². The van der Waals surface area contributed by atoms with Crippen LogP contribution in [0.5, 0.6) is 11.5 Å². The Morgan fingerprint density at radius 1 is 1.10 bits per heavy atom. The van der Waals surface area contributed by atoms with Gasteiger partial charge in [-0.2, -0.15) is 5.10 Å². The summed E-state index contributed by atoms with van der Waals surface area (Å²) < 4.78 is 11.0. The molecule has 3 rings (SSSR count).